The van der Waals surface area contributed by atoms with Gasteiger partial charge in [-0.1, -0.05) is 0 Å². The summed E-state index contributed by atoms with van der Waals surface area (Å²) in [5.41, 5.74) is -1.55. The number of carbonyl (C=O) groups is 1. The van der Waals surface area contributed by atoms with E-state index < -0.39 is 29.2 Å². The number of carbonyl (C=O) groups excluding carboxylic acids is 1. The van der Waals surface area contributed by atoms with Gasteiger partial charge in [0, 0.05) is 0 Å². The molecule has 0 saturated heterocycles. The van der Waals surface area contributed by atoms with Gasteiger partial charge in [-0.3, -0.25) is 4.79 Å². The lowest BCUT2D eigenvalue weighted by molar-refractivity contribution is -0.137. The Morgan fingerprint density at radius 1 is 1.37 bits per heavy atom. The van der Waals surface area contributed by atoms with Crippen LogP contribution in [0, 0.1) is 5.82 Å². The summed E-state index contributed by atoms with van der Waals surface area (Å²) in [5.74, 6) is -1.65. The maximum atomic E-state index is 13.3. The number of halogens is 4. The summed E-state index contributed by atoms with van der Waals surface area (Å²) in [4.78, 5) is 11.3. The zero-order valence-electron chi connectivity index (χ0n) is 10.3. The summed E-state index contributed by atoms with van der Waals surface area (Å²) in [7, 11) is 0. The van der Waals surface area contributed by atoms with Crippen molar-refractivity contribution < 1.29 is 27.1 Å². The average Bonchev–Trinajstić information content (AvgIpc) is 2.28. The van der Waals surface area contributed by atoms with Gasteiger partial charge in [-0.2, -0.15) is 13.2 Å². The number of hydrogen-bond donors (Lipinski definition) is 1. The molecule has 106 valence electrons. The molecule has 3 nitrogen and oxygen atoms in total. The maximum absolute atomic E-state index is 13.3. The molecule has 0 unspecified atom stereocenters. The van der Waals surface area contributed by atoms with Crippen LogP contribution in [0.1, 0.15) is 19.4 Å². The van der Waals surface area contributed by atoms with Gasteiger partial charge in [0.05, 0.1) is 17.4 Å². The fourth-order valence-electron chi connectivity index (χ4n) is 1.23. The molecule has 0 radical (unpaired) electrons. The van der Waals surface area contributed by atoms with E-state index >= 15 is 0 Å². The third-order valence-electron chi connectivity index (χ3n) is 2.12. The van der Waals surface area contributed by atoms with Crippen LogP contribution in [0.3, 0.4) is 0 Å². The molecule has 0 fully saturated rings. The lowest BCUT2D eigenvalue weighted by Crippen LogP contribution is -2.21. The van der Waals surface area contributed by atoms with E-state index in [4.69, 9.17) is 4.74 Å². The SMILES string of the molecule is CC(C)OCC(=O)Nc1cc(C(F)(F)F)ccc1F. The molecule has 1 amide bonds. The van der Waals surface area contributed by atoms with Crippen LogP contribution in [-0.4, -0.2) is 18.6 Å². The van der Waals surface area contributed by atoms with Crippen molar-refractivity contribution >= 4 is 11.6 Å². The minimum Gasteiger partial charge on any atom is -0.369 e. The van der Waals surface area contributed by atoms with Gasteiger partial charge in [0.15, 0.2) is 0 Å². The van der Waals surface area contributed by atoms with E-state index in [2.05, 4.69) is 0 Å². The topological polar surface area (TPSA) is 38.3 Å². The van der Waals surface area contributed by atoms with Crippen LogP contribution in [0.2, 0.25) is 0 Å². The normalized spacial score (nSPS) is 11.7. The highest BCUT2D eigenvalue weighted by atomic mass is 19.4. The Kier molecular flexibility index (Phi) is 4.88. The van der Waals surface area contributed by atoms with Crippen molar-refractivity contribution in [2.75, 3.05) is 11.9 Å². The molecule has 7 heteroatoms. The largest absolute Gasteiger partial charge is 0.416 e. The number of hydrogen-bond acceptors (Lipinski definition) is 2. The average molecular weight is 279 g/mol. The number of rotatable bonds is 4. The van der Waals surface area contributed by atoms with Gasteiger partial charge in [0.1, 0.15) is 12.4 Å². The van der Waals surface area contributed by atoms with Gasteiger partial charge >= 0.3 is 6.18 Å². The summed E-state index contributed by atoms with van der Waals surface area (Å²) < 4.78 is 55.5. The first kappa shape index (κ1) is 15.4. The van der Waals surface area contributed by atoms with E-state index in [0.717, 1.165) is 0 Å². The molecule has 0 aromatic heterocycles. The number of amides is 1. The van der Waals surface area contributed by atoms with Gasteiger partial charge in [0.2, 0.25) is 5.91 Å². The van der Waals surface area contributed by atoms with Crippen LogP contribution in [0.15, 0.2) is 18.2 Å². The second kappa shape index (κ2) is 6.01. The van der Waals surface area contributed by atoms with Crippen LogP contribution < -0.4 is 5.32 Å². The van der Waals surface area contributed by atoms with E-state index in [0.29, 0.717) is 18.2 Å². The van der Waals surface area contributed by atoms with Crippen molar-refractivity contribution in [3.8, 4) is 0 Å². The number of nitrogens with one attached hydrogen (secondary N) is 1. The molecule has 0 atom stereocenters. The quantitative estimate of drug-likeness (QED) is 0.859. The fourth-order valence-corrected chi connectivity index (χ4v) is 1.23. The minimum atomic E-state index is -4.60. The first-order valence-corrected chi connectivity index (χ1v) is 5.48. The molecule has 0 aliphatic carbocycles. The molecular weight excluding hydrogens is 266 g/mol. The molecular formula is C12H13F4NO2. The van der Waals surface area contributed by atoms with Gasteiger partial charge in [0.25, 0.3) is 0 Å². The number of ether oxygens (including phenoxy) is 1. The van der Waals surface area contributed by atoms with E-state index in [9.17, 15) is 22.4 Å². The Bertz CT molecular complexity index is 458. The number of benzene rings is 1. The van der Waals surface area contributed by atoms with E-state index in [1.165, 1.54) is 0 Å². The van der Waals surface area contributed by atoms with Gasteiger partial charge in [-0.15, -0.1) is 0 Å². The van der Waals surface area contributed by atoms with Crippen molar-refractivity contribution in [2.45, 2.75) is 26.1 Å². The molecule has 0 bridgehead atoms. The van der Waals surface area contributed by atoms with Crippen LogP contribution in [-0.2, 0) is 15.7 Å². The van der Waals surface area contributed by atoms with Gasteiger partial charge in [-0.05, 0) is 32.0 Å². The van der Waals surface area contributed by atoms with Crippen molar-refractivity contribution in [3.63, 3.8) is 0 Å². The standard InChI is InChI=1S/C12H13F4NO2/c1-7(2)19-6-11(18)17-10-5-8(12(14,15)16)3-4-9(10)13/h3-5,7H,6H2,1-2H3,(H,17,18). The maximum Gasteiger partial charge on any atom is 0.416 e. The first-order valence-electron chi connectivity index (χ1n) is 5.48. The second-order valence-corrected chi connectivity index (χ2v) is 4.10. The zero-order valence-corrected chi connectivity index (χ0v) is 10.3. The predicted octanol–water partition coefficient (Wildman–Crippen LogP) is 3.21. The molecule has 1 rings (SSSR count). The zero-order chi connectivity index (χ0) is 14.6. The Morgan fingerprint density at radius 3 is 2.53 bits per heavy atom. The molecule has 19 heavy (non-hydrogen) atoms. The second-order valence-electron chi connectivity index (χ2n) is 4.10. The lowest BCUT2D eigenvalue weighted by Gasteiger charge is -2.12. The van der Waals surface area contributed by atoms with Crippen LogP contribution >= 0.6 is 0 Å². The molecule has 1 aromatic carbocycles. The molecule has 0 heterocycles. The summed E-state index contributed by atoms with van der Waals surface area (Å²) in [6.07, 6.45) is -4.81. The molecule has 0 aliphatic heterocycles. The Morgan fingerprint density at radius 2 is 2.00 bits per heavy atom. The smallest absolute Gasteiger partial charge is 0.369 e. The number of alkyl halides is 3. The fraction of sp³-hybridized carbons (Fsp3) is 0.417. The number of anilines is 1. The molecule has 0 saturated carbocycles. The monoisotopic (exact) mass is 279 g/mol. The third-order valence-corrected chi connectivity index (χ3v) is 2.12. The predicted molar refractivity (Wildman–Crippen MR) is 61.1 cm³/mol. The third kappa shape index (κ3) is 4.86. The van der Waals surface area contributed by atoms with E-state index in [1.54, 1.807) is 13.8 Å². The molecule has 1 N–H and O–H groups in total. The van der Waals surface area contributed by atoms with Crippen LogP contribution in [0.25, 0.3) is 0 Å². The Balaban J connectivity index is 2.80. The highest BCUT2D eigenvalue weighted by Crippen LogP contribution is 2.31. The van der Waals surface area contributed by atoms with Gasteiger partial charge < -0.3 is 10.1 Å². The molecule has 0 aliphatic rings. The highest BCUT2D eigenvalue weighted by Gasteiger charge is 2.31. The minimum absolute atomic E-state index is 0.211. The van der Waals surface area contributed by atoms with Crippen molar-refractivity contribution in [1.82, 2.24) is 0 Å². The summed E-state index contributed by atoms with van der Waals surface area (Å²) in [6, 6.07) is 1.81. The first-order chi connectivity index (χ1) is 8.70. The van der Waals surface area contributed by atoms with Crippen LogP contribution in [0.5, 0.6) is 0 Å². The van der Waals surface area contributed by atoms with E-state index in [1.807, 2.05) is 5.32 Å². The van der Waals surface area contributed by atoms with E-state index in [-0.39, 0.29) is 12.7 Å². The highest BCUT2D eigenvalue weighted by molar-refractivity contribution is 5.91. The Hall–Kier alpha value is -1.63. The summed E-state index contributed by atoms with van der Waals surface area (Å²) >= 11 is 0. The summed E-state index contributed by atoms with van der Waals surface area (Å²) in [5, 5.41) is 2.04. The Labute approximate surface area is 107 Å². The summed E-state index contributed by atoms with van der Waals surface area (Å²) in [6.45, 7) is 3.03. The molecule has 0 spiro atoms. The molecule has 1 aromatic rings. The van der Waals surface area contributed by atoms with Gasteiger partial charge in [-0.25, -0.2) is 4.39 Å². The van der Waals surface area contributed by atoms with Crippen molar-refractivity contribution in [1.29, 1.82) is 0 Å². The lowest BCUT2D eigenvalue weighted by atomic mass is 10.2. The van der Waals surface area contributed by atoms with Crippen molar-refractivity contribution in [3.05, 3.63) is 29.6 Å². The van der Waals surface area contributed by atoms with Crippen molar-refractivity contribution in [2.24, 2.45) is 0 Å². The van der Waals surface area contributed by atoms with Crippen LogP contribution in [0.4, 0.5) is 23.2 Å².